The number of nitrogens with zero attached hydrogens (tertiary/aromatic N) is 3. The molecule has 1 aromatic carbocycles. The number of aromatic nitrogens is 2. The molecule has 21 heavy (non-hydrogen) atoms. The lowest BCUT2D eigenvalue weighted by Gasteiger charge is -2.08. The lowest BCUT2D eigenvalue weighted by Crippen LogP contribution is -2.03. The molecule has 2 rings (SSSR count). The van der Waals surface area contributed by atoms with Gasteiger partial charge in [-0.25, -0.2) is 4.98 Å². The molecule has 0 saturated carbocycles. The van der Waals surface area contributed by atoms with Gasteiger partial charge in [0.25, 0.3) is 0 Å². The highest BCUT2D eigenvalue weighted by Gasteiger charge is 2.21. The molecule has 1 N–H and O–H groups in total. The minimum absolute atomic E-state index is 0.101. The van der Waals surface area contributed by atoms with Crippen molar-refractivity contribution in [3.63, 3.8) is 0 Å². The van der Waals surface area contributed by atoms with Crippen LogP contribution in [0.2, 0.25) is 0 Å². The zero-order valence-corrected chi connectivity index (χ0v) is 13.5. The standard InChI is InChI=1S/C13H16N4O2S2/c1-3-8-14-9-6-5-7-10(12(9)17(18)19)20-13-15-11(4-2)16-21-13/h5-7,14H,3-4,8H2,1-2H3. The Balaban J connectivity index is 2.31. The number of hydrogen-bond donors (Lipinski definition) is 1. The molecule has 0 radical (unpaired) electrons. The van der Waals surface area contributed by atoms with Crippen LogP contribution in [0.25, 0.3) is 0 Å². The molecule has 6 nitrogen and oxygen atoms in total. The van der Waals surface area contributed by atoms with E-state index in [4.69, 9.17) is 0 Å². The molecule has 0 aliphatic rings. The summed E-state index contributed by atoms with van der Waals surface area (Å²) in [7, 11) is 0. The number of nitro benzene ring substituents is 1. The molecule has 0 saturated heterocycles. The Bertz CT molecular complexity index is 630. The van der Waals surface area contributed by atoms with Crippen molar-refractivity contribution in [2.24, 2.45) is 0 Å². The van der Waals surface area contributed by atoms with Crippen molar-refractivity contribution in [1.29, 1.82) is 0 Å². The van der Waals surface area contributed by atoms with E-state index in [0.717, 1.165) is 23.0 Å². The Morgan fingerprint density at radius 3 is 2.86 bits per heavy atom. The van der Waals surface area contributed by atoms with E-state index in [9.17, 15) is 10.1 Å². The van der Waals surface area contributed by atoms with E-state index in [-0.39, 0.29) is 10.6 Å². The highest BCUT2D eigenvalue weighted by Crippen LogP contribution is 2.39. The summed E-state index contributed by atoms with van der Waals surface area (Å²) in [4.78, 5) is 16.0. The van der Waals surface area contributed by atoms with Crippen molar-refractivity contribution < 1.29 is 4.92 Å². The molecule has 1 aromatic heterocycles. The number of anilines is 1. The molecule has 0 aliphatic carbocycles. The normalized spacial score (nSPS) is 10.6. The Morgan fingerprint density at radius 2 is 2.24 bits per heavy atom. The maximum atomic E-state index is 11.4. The van der Waals surface area contributed by atoms with Crippen molar-refractivity contribution in [3.05, 3.63) is 34.1 Å². The highest BCUT2D eigenvalue weighted by atomic mass is 32.2. The quantitative estimate of drug-likeness (QED) is 0.613. The van der Waals surface area contributed by atoms with Crippen LogP contribution in [0.1, 0.15) is 26.1 Å². The van der Waals surface area contributed by atoms with Crippen LogP contribution in [0.3, 0.4) is 0 Å². The smallest absolute Gasteiger partial charge is 0.306 e. The average Bonchev–Trinajstić information content (AvgIpc) is 2.92. The van der Waals surface area contributed by atoms with E-state index in [1.54, 1.807) is 12.1 Å². The molecular formula is C13H16N4O2S2. The minimum Gasteiger partial charge on any atom is -0.379 e. The van der Waals surface area contributed by atoms with Crippen LogP contribution in [-0.2, 0) is 6.42 Å². The second-order valence-electron chi connectivity index (χ2n) is 4.27. The van der Waals surface area contributed by atoms with Crippen LogP contribution in [0.5, 0.6) is 0 Å². The predicted molar refractivity (Wildman–Crippen MR) is 85.3 cm³/mol. The summed E-state index contributed by atoms with van der Waals surface area (Å²) in [5.74, 6) is 0.769. The summed E-state index contributed by atoms with van der Waals surface area (Å²) in [5.41, 5.74) is 0.649. The summed E-state index contributed by atoms with van der Waals surface area (Å²) in [6, 6.07) is 5.29. The monoisotopic (exact) mass is 324 g/mol. The van der Waals surface area contributed by atoms with Gasteiger partial charge in [-0.2, -0.15) is 4.37 Å². The number of aryl methyl sites for hydroxylation is 1. The van der Waals surface area contributed by atoms with Gasteiger partial charge in [0.15, 0.2) is 4.34 Å². The van der Waals surface area contributed by atoms with Crippen molar-refractivity contribution in [2.45, 2.75) is 35.9 Å². The molecule has 0 unspecified atom stereocenters. The van der Waals surface area contributed by atoms with E-state index >= 15 is 0 Å². The van der Waals surface area contributed by atoms with Gasteiger partial charge in [0.2, 0.25) is 0 Å². The fraction of sp³-hybridized carbons (Fsp3) is 0.385. The lowest BCUT2D eigenvalue weighted by molar-refractivity contribution is -0.386. The average molecular weight is 324 g/mol. The van der Waals surface area contributed by atoms with Gasteiger partial charge in [-0.05, 0) is 30.1 Å². The molecule has 2 aromatic rings. The maximum Gasteiger partial charge on any atom is 0.306 e. The molecule has 1 heterocycles. The van der Waals surface area contributed by atoms with Crippen LogP contribution in [0.15, 0.2) is 27.4 Å². The van der Waals surface area contributed by atoms with Gasteiger partial charge in [0, 0.05) is 13.0 Å². The fourth-order valence-corrected chi connectivity index (χ4v) is 3.51. The molecule has 0 aliphatic heterocycles. The van der Waals surface area contributed by atoms with Crippen LogP contribution in [0.4, 0.5) is 11.4 Å². The molecule has 0 fully saturated rings. The Morgan fingerprint density at radius 1 is 1.43 bits per heavy atom. The molecule has 8 heteroatoms. The van der Waals surface area contributed by atoms with Gasteiger partial charge in [0.1, 0.15) is 11.5 Å². The first-order valence-electron chi connectivity index (χ1n) is 6.67. The Labute approximate surface area is 131 Å². The van der Waals surface area contributed by atoms with E-state index < -0.39 is 0 Å². The topological polar surface area (TPSA) is 81.0 Å². The van der Waals surface area contributed by atoms with Crippen LogP contribution in [0, 0.1) is 10.1 Å². The molecule has 0 spiro atoms. The van der Waals surface area contributed by atoms with E-state index in [2.05, 4.69) is 14.7 Å². The van der Waals surface area contributed by atoms with E-state index in [1.807, 2.05) is 19.9 Å². The van der Waals surface area contributed by atoms with Crippen molar-refractivity contribution in [2.75, 3.05) is 11.9 Å². The third-order valence-electron chi connectivity index (χ3n) is 2.71. The summed E-state index contributed by atoms with van der Waals surface area (Å²) in [6.45, 7) is 4.70. The van der Waals surface area contributed by atoms with Gasteiger partial charge in [-0.1, -0.05) is 31.7 Å². The Kier molecular flexibility index (Phi) is 5.51. The minimum atomic E-state index is -0.345. The first-order valence-corrected chi connectivity index (χ1v) is 8.26. The van der Waals surface area contributed by atoms with E-state index in [0.29, 0.717) is 17.1 Å². The number of nitrogens with one attached hydrogen (secondary N) is 1. The molecule has 0 atom stereocenters. The summed E-state index contributed by atoms with van der Waals surface area (Å²) in [6.07, 6.45) is 1.67. The van der Waals surface area contributed by atoms with Gasteiger partial charge >= 0.3 is 5.69 Å². The summed E-state index contributed by atoms with van der Waals surface area (Å²) in [5, 5.41) is 14.5. The van der Waals surface area contributed by atoms with Crippen molar-refractivity contribution in [1.82, 2.24) is 9.36 Å². The SMILES string of the molecule is CCCNc1cccc(Sc2nc(CC)ns2)c1[N+](=O)[O-]. The highest BCUT2D eigenvalue weighted by molar-refractivity contribution is 8.01. The molecular weight excluding hydrogens is 308 g/mol. The summed E-state index contributed by atoms with van der Waals surface area (Å²) >= 11 is 2.56. The summed E-state index contributed by atoms with van der Waals surface area (Å²) < 4.78 is 4.93. The van der Waals surface area contributed by atoms with E-state index in [1.165, 1.54) is 23.3 Å². The largest absolute Gasteiger partial charge is 0.379 e. The van der Waals surface area contributed by atoms with Crippen molar-refractivity contribution in [3.8, 4) is 0 Å². The van der Waals surface area contributed by atoms with Crippen LogP contribution >= 0.6 is 23.3 Å². The second-order valence-corrected chi connectivity index (χ2v) is 6.31. The Hall–Kier alpha value is -1.67. The third-order valence-corrected chi connectivity index (χ3v) is 4.55. The third kappa shape index (κ3) is 3.92. The second kappa shape index (κ2) is 7.37. The van der Waals surface area contributed by atoms with Gasteiger partial charge in [-0.15, -0.1) is 0 Å². The zero-order valence-electron chi connectivity index (χ0n) is 11.8. The van der Waals surface area contributed by atoms with Crippen LogP contribution < -0.4 is 5.32 Å². The molecule has 0 amide bonds. The number of hydrogen-bond acceptors (Lipinski definition) is 7. The molecule has 0 bridgehead atoms. The first kappa shape index (κ1) is 15.7. The zero-order chi connectivity index (χ0) is 15.2. The van der Waals surface area contributed by atoms with Gasteiger partial charge in [0.05, 0.1) is 9.82 Å². The van der Waals surface area contributed by atoms with Gasteiger partial charge < -0.3 is 5.32 Å². The maximum absolute atomic E-state index is 11.4. The number of benzene rings is 1. The van der Waals surface area contributed by atoms with Gasteiger partial charge in [-0.3, -0.25) is 10.1 Å². The number of rotatable bonds is 7. The van der Waals surface area contributed by atoms with Crippen LogP contribution in [-0.4, -0.2) is 20.8 Å². The number of nitro groups is 1. The van der Waals surface area contributed by atoms with Crippen molar-refractivity contribution >= 4 is 34.7 Å². The fourth-order valence-electron chi connectivity index (χ4n) is 1.71. The number of para-hydroxylation sites is 1. The lowest BCUT2D eigenvalue weighted by atomic mass is 10.2. The molecule has 112 valence electrons. The predicted octanol–water partition coefficient (Wildman–Crippen LogP) is 3.98. The first-order chi connectivity index (χ1) is 10.2.